The molecule has 1 unspecified atom stereocenters. The Morgan fingerprint density at radius 1 is 1.18 bits per heavy atom. The molecule has 2 aromatic rings. The van der Waals surface area contributed by atoms with E-state index in [0.717, 1.165) is 64.2 Å². The lowest BCUT2D eigenvalue weighted by molar-refractivity contribution is -0.125. The summed E-state index contributed by atoms with van der Waals surface area (Å²) in [4.78, 5) is 22.7. The van der Waals surface area contributed by atoms with Crippen molar-refractivity contribution in [2.75, 3.05) is 26.3 Å². The van der Waals surface area contributed by atoms with E-state index in [4.69, 9.17) is 9.47 Å². The van der Waals surface area contributed by atoms with Gasteiger partial charge in [-0.15, -0.1) is 0 Å². The first kappa shape index (κ1) is 18.9. The Kier molecular flexibility index (Phi) is 5.86. The summed E-state index contributed by atoms with van der Waals surface area (Å²) in [5.74, 6) is 1.50. The SMILES string of the molecule is O=C(c1ccccn1)N1CCC2(CC1)CC(CCOc1ccncc1)CCO2. The zero-order valence-corrected chi connectivity index (χ0v) is 16.1. The quantitative estimate of drug-likeness (QED) is 0.795. The first-order valence-corrected chi connectivity index (χ1v) is 10.1. The average molecular weight is 381 g/mol. The Balaban J connectivity index is 1.27. The van der Waals surface area contributed by atoms with Crippen LogP contribution in [0.1, 0.15) is 42.6 Å². The molecule has 148 valence electrons. The van der Waals surface area contributed by atoms with Crippen LogP contribution in [0.25, 0.3) is 0 Å². The van der Waals surface area contributed by atoms with Crippen molar-refractivity contribution < 1.29 is 14.3 Å². The zero-order chi connectivity index (χ0) is 19.2. The van der Waals surface area contributed by atoms with E-state index in [2.05, 4.69) is 9.97 Å². The summed E-state index contributed by atoms with van der Waals surface area (Å²) in [5.41, 5.74) is 0.440. The average Bonchev–Trinajstić information content (AvgIpc) is 2.75. The molecule has 0 radical (unpaired) electrons. The second-order valence-electron chi connectivity index (χ2n) is 7.72. The molecule has 0 bridgehead atoms. The van der Waals surface area contributed by atoms with Gasteiger partial charge in [0.15, 0.2) is 0 Å². The van der Waals surface area contributed by atoms with Crippen molar-refractivity contribution in [2.24, 2.45) is 5.92 Å². The van der Waals surface area contributed by atoms with Crippen molar-refractivity contribution in [1.82, 2.24) is 14.9 Å². The van der Waals surface area contributed by atoms with Crippen LogP contribution in [0.5, 0.6) is 5.75 Å². The summed E-state index contributed by atoms with van der Waals surface area (Å²) in [6.45, 7) is 2.98. The van der Waals surface area contributed by atoms with Gasteiger partial charge in [-0.3, -0.25) is 14.8 Å². The predicted octanol–water partition coefficient (Wildman–Crippen LogP) is 3.35. The third-order valence-corrected chi connectivity index (χ3v) is 5.89. The normalized spacial score (nSPS) is 21.4. The van der Waals surface area contributed by atoms with E-state index in [-0.39, 0.29) is 11.5 Å². The van der Waals surface area contributed by atoms with Crippen molar-refractivity contribution in [3.05, 3.63) is 54.6 Å². The van der Waals surface area contributed by atoms with Gasteiger partial charge in [-0.05, 0) is 62.3 Å². The maximum Gasteiger partial charge on any atom is 0.272 e. The number of carbonyl (C=O) groups excluding carboxylic acids is 1. The number of piperidine rings is 1. The van der Waals surface area contributed by atoms with Gasteiger partial charge in [0.25, 0.3) is 5.91 Å². The van der Waals surface area contributed by atoms with E-state index >= 15 is 0 Å². The van der Waals surface area contributed by atoms with Gasteiger partial charge in [0.1, 0.15) is 11.4 Å². The Morgan fingerprint density at radius 3 is 2.75 bits per heavy atom. The van der Waals surface area contributed by atoms with Gasteiger partial charge in [0, 0.05) is 38.3 Å². The maximum atomic E-state index is 12.6. The van der Waals surface area contributed by atoms with Gasteiger partial charge in [-0.25, -0.2) is 0 Å². The van der Waals surface area contributed by atoms with Crippen LogP contribution in [0.4, 0.5) is 0 Å². The Morgan fingerprint density at radius 2 is 2.00 bits per heavy atom. The molecule has 0 saturated carbocycles. The molecule has 2 aliphatic heterocycles. The van der Waals surface area contributed by atoms with Gasteiger partial charge in [-0.1, -0.05) is 6.07 Å². The van der Waals surface area contributed by atoms with Crippen molar-refractivity contribution in [2.45, 2.75) is 37.7 Å². The number of hydrogen-bond donors (Lipinski definition) is 0. The zero-order valence-electron chi connectivity index (χ0n) is 16.1. The highest BCUT2D eigenvalue weighted by Crippen LogP contribution is 2.39. The van der Waals surface area contributed by atoms with Crippen LogP contribution in [0.2, 0.25) is 0 Å². The van der Waals surface area contributed by atoms with Crippen LogP contribution in [-0.2, 0) is 4.74 Å². The number of pyridine rings is 2. The second kappa shape index (κ2) is 8.69. The van der Waals surface area contributed by atoms with Crippen LogP contribution in [0.3, 0.4) is 0 Å². The lowest BCUT2D eigenvalue weighted by Gasteiger charge is -2.46. The number of ether oxygens (including phenoxy) is 2. The number of amides is 1. The van der Waals surface area contributed by atoms with Crippen molar-refractivity contribution in [1.29, 1.82) is 0 Å². The molecule has 6 nitrogen and oxygen atoms in total. The fraction of sp³-hybridized carbons (Fsp3) is 0.500. The highest BCUT2D eigenvalue weighted by atomic mass is 16.5. The van der Waals surface area contributed by atoms with Crippen LogP contribution in [-0.4, -0.2) is 52.7 Å². The third-order valence-electron chi connectivity index (χ3n) is 5.89. The summed E-state index contributed by atoms with van der Waals surface area (Å²) < 4.78 is 12.1. The second-order valence-corrected chi connectivity index (χ2v) is 7.72. The van der Waals surface area contributed by atoms with Gasteiger partial charge in [0.2, 0.25) is 0 Å². The van der Waals surface area contributed by atoms with Gasteiger partial charge in [-0.2, -0.15) is 0 Å². The molecule has 6 heteroatoms. The van der Waals surface area contributed by atoms with E-state index in [1.165, 1.54) is 0 Å². The molecular weight excluding hydrogens is 354 g/mol. The van der Waals surface area contributed by atoms with Gasteiger partial charge in [0.05, 0.1) is 12.2 Å². The first-order valence-electron chi connectivity index (χ1n) is 10.1. The first-order chi connectivity index (χ1) is 13.7. The molecule has 0 aliphatic carbocycles. The molecule has 0 aromatic carbocycles. The molecule has 2 saturated heterocycles. The molecule has 4 heterocycles. The van der Waals surface area contributed by atoms with Crippen molar-refractivity contribution in [3.63, 3.8) is 0 Å². The predicted molar refractivity (Wildman–Crippen MR) is 105 cm³/mol. The number of likely N-dealkylation sites (tertiary alicyclic amines) is 1. The summed E-state index contributed by atoms with van der Waals surface area (Å²) in [6, 6.07) is 9.24. The number of aromatic nitrogens is 2. The van der Waals surface area contributed by atoms with Crippen LogP contribution in [0.15, 0.2) is 48.9 Å². The molecule has 2 aliphatic rings. The summed E-state index contributed by atoms with van der Waals surface area (Å²) in [5, 5.41) is 0. The minimum absolute atomic E-state index is 0.0218. The molecule has 1 spiro atoms. The van der Waals surface area contributed by atoms with E-state index in [0.29, 0.717) is 11.6 Å². The van der Waals surface area contributed by atoms with Crippen molar-refractivity contribution in [3.8, 4) is 5.75 Å². The molecule has 28 heavy (non-hydrogen) atoms. The van der Waals surface area contributed by atoms with Gasteiger partial charge >= 0.3 is 0 Å². The van der Waals surface area contributed by atoms with E-state index in [9.17, 15) is 4.79 Å². The summed E-state index contributed by atoms with van der Waals surface area (Å²) in [7, 11) is 0. The highest BCUT2D eigenvalue weighted by molar-refractivity contribution is 5.92. The Labute approximate surface area is 165 Å². The van der Waals surface area contributed by atoms with E-state index in [1.807, 2.05) is 29.2 Å². The van der Waals surface area contributed by atoms with Crippen LogP contribution < -0.4 is 4.74 Å². The fourth-order valence-corrected chi connectivity index (χ4v) is 4.27. The molecule has 2 aromatic heterocycles. The summed E-state index contributed by atoms with van der Waals surface area (Å²) >= 11 is 0. The number of nitrogens with zero attached hydrogens (tertiary/aromatic N) is 3. The summed E-state index contributed by atoms with van der Waals surface area (Å²) in [6.07, 6.45) is 10.1. The standard InChI is InChI=1S/C22H27N3O3/c26-21(20-3-1-2-10-24-20)25-13-8-22(9-14-25)17-18(7-16-28-22)6-15-27-19-4-11-23-12-5-19/h1-5,10-12,18H,6-9,13-17H2. The molecule has 1 amide bonds. The highest BCUT2D eigenvalue weighted by Gasteiger charge is 2.41. The minimum atomic E-state index is -0.0829. The van der Waals surface area contributed by atoms with Crippen molar-refractivity contribution >= 4 is 5.91 Å². The fourth-order valence-electron chi connectivity index (χ4n) is 4.27. The molecule has 2 fully saturated rings. The maximum absolute atomic E-state index is 12.6. The molecular formula is C22H27N3O3. The smallest absolute Gasteiger partial charge is 0.272 e. The van der Waals surface area contributed by atoms with Crippen LogP contribution in [0, 0.1) is 5.92 Å². The lowest BCUT2D eigenvalue weighted by Crippen LogP contribution is -2.51. The van der Waals surface area contributed by atoms with E-state index < -0.39 is 0 Å². The molecule has 0 N–H and O–H groups in total. The number of rotatable bonds is 5. The molecule has 4 rings (SSSR count). The van der Waals surface area contributed by atoms with Gasteiger partial charge < -0.3 is 14.4 Å². The number of carbonyl (C=O) groups is 1. The topological polar surface area (TPSA) is 64.6 Å². The lowest BCUT2D eigenvalue weighted by atomic mass is 9.78. The minimum Gasteiger partial charge on any atom is -0.493 e. The monoisotopic (exact) mass is 381 g/mol. The Hall–Kier alpha value is -2.47. The van der Waals surface area contributed by atoms with E-state index in [1.54, 1.807) is 24.7 Å². The molecule has 1 atom stereocenters. The largest absolute Gasteiger partial charge is 0.493 e. The third kappa shape index (κ3) is 4.50. The van der Waals surface area contributed by atoms with Crippen LogP contribution >= 0.6 is 0 Å². The Bertz CT molecular complexity index is 761. The number of hydrogen-bond acceptors (Lipinski definition) is 5.